The molecule has 3 aromatic rings. The van der Waals surface area contributed by atoms with Crippen molar-refractivity contribution in [3.8, 4) is 0 Å². The van der Waals surface area contributed by atoms with E-state index in [0.29, 0.717) is 47.8 Å². The lowest BCUT2D eigenvalue weighted by Crippen LogP contribution is -2.36. The molecular weight excluding hydrogens is 434 g/mol. The molecule has 3 N–H and O–H groups in total. The van der Waals surface area contributed by atoms with Crippen molar-refractivity contribution < 1.29 is 9.59 Å². The number of nitrogens with one attached hydrogen (secondary N) is 1. The van der Waals surface area contributed by atoms with Crippen molar-refractivity contribution in [2.75, 3.05) is 25.0 Å². The normalized spacial score (nSPS) is 14.0. The molecule has 11 nitrogen and oxygen atoms in total. The van der Waals surface area contributed by atoms with Gasteiger partial charge in [0.25, 0.3) is 11.5 Å². The quantitative estimate of drug-likeness (QED) is 0.465. The van der Waals surface area contributed by atoms with Crippen LogP contribution in [-0.4, -0.2) is 56.5 Å². The Kier molecular flexibility index (Phi) is 5.73. The summed E-state index contributed by atoms with van der Waals surface area (Å²) in [6, 6.07) is 0. The largest absolute Gasteiger partial charge is 0.365 e. The fraction of sp³-hybridized carbons (Fsp3) is 0.450. The zero-order chi connectivity index (χ0) is 23.2. The summed E-state index contributed by atoms with van der Waals surface area (Å²) < 4.78 is 2.35. The first kappa shape index (κ1) is 22.0. The third-order valence-corrected chi connectivity index (χ3v) is 7.07. The lowest BCUT2D eigenvalue weighted by molar-refractivity contribution is -0.107. The predicted octanol–water partition coefficient (Wildman–Crippen LogP) is -0.296. The minimum absolute atomic E-state index is 0.267. The van der Waals surface area contributed by atoms with Gasteiger partial charge in [0.15, 0.2) is 5.65 Å². The molecule has 0 bridgehead atoms. The fourth-order valence-corrected chi connectivity index (χ4v) is 5.51. The van der Waals surface area contributed by atoms with E-state index in [2.05, 4.69) is 14.9 Å². The van der Waals surface area contributed by atoms with Gasteiger partial charge in [-0.2, -0.15) is 0 Å². The van der Waals surface area contributed by atoms with Crippen molar-refractivity contribution in [3.05, 3.63) is 42.7 Å². The Morgan fingerprint density at radius 3 is 2.72 bits per heavy atom. The average molecular weight is 460 g/mol. The number of likely N-dealkylation sites (N-methyl/N-ethyl adjacent to an activating group) is 1. The molecule has 0 saturated heterocycles. The minimum Gasteiger partial charge on any atom is -0.365 e. The second-order valence-electron chi connectivity index (χ2n) is 8.03. The molecule has 0 saturated carbocycles. The number of rotatable bonds is 7. The Morgan fingerprint density at radius 2 is 2.03 bits per heavy atom. The van der Waals surface area contributed by atoms with Crippen LogP contribution in [0.5, 0.6) is 0 Å². The summed E-state index contributed by atoms with van der Waals surface area (Å²) in [6.07, 6.45) is 2.43. The molecule has 4 heterocycles. The Balaban J connectivity index is 1.55. The Bertz CT molecular complexity index is 1330. The van der Waals surface area contributed by atoms with Crippen LogP contribution in [-0.2, 0) is 38.3 Å². The fourth-order valence-electron chi connectivity index (χ4n) is 4.08. The van der Waals surface area contributed by atoms with Crippen LogP contribution in [0, 0.1) is 0 Å². The number of nitrogens with two attached hydrogens (primary N) is 1. The van der Waals surface area contributed by atoms with Crippen LogP contribution < -0.4 is 21.9 Å². The number of primary amides is 1. The van der Waals surface area contributed by atoms with E-state index in [1.807, 2.05) is 7.05 Å². The van der Waals surface area contributed by atoms with E-state index in [-0.39, 0.29) is 5.52 Å². The van der Waals surface area contributed by atoms with Crippen molar-refractivity contribution in [2.45, 2.75) is 25.8 Å². The molecule has 0 spiro atoms. The molecule has 1 aliphatic rings. The number of nitrogens with zero attached hydrogens (tertiary/aromatic N) is 5. The Hall–Kier alpha value is -3.25. The molecule has 0 unspecified atom stereocenters. The topological polar surface area (TPSA) is 139 Å². The zero-order valence-electron chi connectivity index (χ0n) is 18.2. The van der Waals surface area contributed by atoms with E-state index < -0.39 is 17.2 Å². The molecule has 1 aliphatic heterocycles. The first-order chi connectivity index (χ1) is 15.2. The Labute approximate surface area is 187 Å². The van der Waals surface area contributed by atoms with Gasteiger partial charge in [0.2, 0.25) is 6.41 Å². The number of hydrogen-bond donors (Lipinski definition) is 2. The van der Waals surface area contributed by atoms with E-state index in [4.69, 9.17) is 5.73 Å². The van der Waals surface area contributed by atoms with Crippen LogP contribution in [0.1, 0.15) is 33.0 Å². The van der Waals surface area contributed by atoms with E-state index >= 15 is 0 Å². The monoisotopic (exact) mass is 459 g/mol. The average Bonchev–Trinajstić information content (AvgIpc) is 3.35. The maximum atomic E-state index is 12.3. The summed E-state index contributed by atoms with van der Waals surface area (Å²) in [4.78, 5) is 60.6. The number of aromatic amines is 1. The van der Waals surface area contributed by atoms with Crippen molar-refractivity contribution in [3.63, 3.8) is 0 Å². The van der Waals surface area contributed by atoms with Gasteiger partial charge in [0, 0.05) is 45.0 Å². The maximum Gasteiger partial charge on any atom is 0.332 e. The van der Waals surface area contributed by atoms with Crippen molar-refractivity contribution in [1.29, 1.82) is 0 Å². The highest BCUT2D eigenvalue weighted by Crippen LogP contribution is 2.38. The molecule has 32 heavy (non-hydrogen) atoms. The summed E-state index contributed by atoms with van der Waals surface area (Å²) in [7, 11) is 4.99. The van der Waals surface area contributed by atoms with E-state index in [0.717, 1.165) is 34.5 Å². The van der Waals surface area contributed by atoms with Crippen LogP contribution in [0.25, 0.3) is 11.2 Å². The van der Waals surface area contributed by atoms with E-state index in [1.165, 1.54) is 27.9 Å². The number of aryl methyl sites for hydroxylation is 2. The lowest BCUT2D eigenvalue weighted by Gasteiger charge is -2.22. The van der Waals surface area contributed by atoms with E-state index in [1.54, 1.807) is 7.05 Å². The second-order valence-corrected chi connectivity index (χ2v) is 9.11. The van der Waals surface area contributed by atoms with Gasteiger partial charge in [-0.3, -0.25) is 23.5 Å². The molecule has 4 rings (SSSR count). The first-order valence-corrected chi connectivity index (χ1v) is 11.0. The third-order valence-electron chi connectivity index (χ3n) is 5.82. The highest BCUT2D eigenvalue weighted by molar-refractivity contribution is 7.17. The molecular formula is C20H25N7O4S. The van der Waals surface area contributed by atoms with Crippen LogP contribution in [0.15, 0.2) is 9.59 Å². The number of amides is 2. The molecule has 3 aromatic heterocycles. The number of carbonyl (C=O) groups is 2. The number of thiophene rings is 1. The van der Waals surface area contributed by atoms with E-state index in [9.17, 15) is 19.2 Å². The van der Waals surface area contributed by atoms with Crippen LogP contribution in [0.4, 0.5) is 5.00 Å². The standard InChI is InChI=1S/C20H25N7O4S/c1-24-8-6-11-12(9-24)32-19(14(11)16(21)29)27(10-28)7-4-5-13-22-15-17(23-13)25(2)20(31)26(3)18(15)30/h10H,4-9H2,1-3H3,(H2,21,29)(H,22,23). The summed E-state index contributed by atoms with van der Waals surface area (Å²) in [5.41, 5.74) is 6.73. The first-order valence-electron chi connectivity index (χ1n) is 10.2. The Morgan fingerprint density at radius 1 is 1.28 bits per heavy atom. The third kappa shape index (κ3) is 3.65. The SMILES string of the molecule is CN1CCc2c(sc(N(C=O)CCCc3nc4c([nH]3)c(=O)n(C)c(=O)n4C)c2C(N)=O)C1. The molecule has 0 atom stereocenters. The highest BCUT2D eigenvalue weighted by atomic mass is 32.1. The number of hydrogen-bond acceptors (Lipinski definition) is 7. The zero-order valence-corrected chi connectivity index (χ0v) is 19.0. The molecule has 12 heteroatoms. The van der Waals surface area contributed by atoms with Gasteiger partial charge in [0.1, 0.15) is 16.3 Å². The van der Waals surface area contributed by atoms with Gasteiger partial charge < -0.3 is 20.5 Å². The number of aromatic nitrogens is 4. The summed E-state index contributed by atoms with van der Waals surface area (Å²) in [6.45, 7) is 1.91. The van der Waals surface area contributed by atoms with Crippen LogP contribution >= 0.6 is 11.3 Å². The smallest absolute Gasteiger partial charge is 0.332 e. The maximum absolute atomic E-state index is 12.3. The van der Waals surface area contributed by atoms with Crippen molar-refractivity contribution >= 4 is 39.8 Å². The van der Waals surface area contributed by atoms with Crippen LogP contribution in [0.3, 0.4) is 0 Å². The summed E-state index contributed by atoms with van der Waals surface area (Å²) in [5, 5.41) is 0.577. The molecule has 0 aliphatic carbocycles. The second kappa shape index (κ2) is 8.36. The van der Waals surface area contributed by atoms with Gasteiger partial charge in [-0.1, -0.05) is 0 Å². The molecule has 0 fully saturated rings. The van der Waals surface area contributed by atoms with Crippen LogP contribution in [0.2, 0.25) is 0 Å². The molecule has 2 amide bonds. The summed E-state index contributed by atoms with van der Waals surface area (Å²) >= 11 is 1.43. The van der Waals surface area contributed by atoms with Gasteiger partial charge in [-0.25, -0.2) is 9.78 Å². The summed E-state index contributed by atoms with van der Waals surface area (Å²) in [5.74, 6) is 0.0225. The number of fused-ring (bicyclic) bond motifs is 2. The predicted molar refractivity (Wildman–Crippen MR) is 121 cm³/mol. The minimum atomic E-state index is -0.525. The molecule has 0 aromatic carbocycles. The van der Waals surface area contributed by atoms with Crippen molar-refractivity contribution in [1.82, 2.24) is 24.0 Å². The van der Waals surface area contributed by atoms with Gasteiger partial charge in [-0.05, 0) is 25.5 Å². The van der Waals surface area contributed by atoms with Gasteiger partial charge in [-0.15, -0.1) is 11.3 Å². The number of imidazole rings is 1. The number of anilines is 1. The van der Waals surface area contributed by atoms with Crippen molar-refractivity contribution in [2.24, 2.45) is 19.8 Å². The molecule has 0 radical (unpaired) electrons. The lowest BCUT2D eigenvalue weighted by atomic mass is 10.0. The van der Waals surface area contributed by atoms with Gasteiger partial charge in [0.05, 0.1) is 5.56 Å². The number of H-pyrrole nitrogens is 1. The number of carbonyl (C=O) groups excluding carboxylic acids is 2. The molecule has 170 valence electrons. The highest BCUT2D eigenvalue weighted by Gasteiger charge is 2.28. The van der Waals surface area contributed by atoms with Gasteiger partial charge >= 0.3 is 5.69 Å².